The maximum absolute atomic E-state index is 13.7. The molecule has 2 aromatic heterocycles. The van der Waals surface area contributed by atoms with Crippen LogP contribution in [0.15, 0.2) is 27.9 Å². The van der Waals surface area contributed by atoms with Crippen molar-refractivity contribution in [1.29, 1.82) is 0 Å². The number of imidazole rings is 1. The monoisotopic (exact) mass is 529 g/mol. The molecule has 1 aromatic carbocycles. The Bertz CT molecular complexity index is 1440. The minimum Gasteiger partial charge on any atom is -0.493 e. The second kappa shape index (κ2) is 10.5. The van der Waals surface area contributed by atoms with Crippen LogP contribution in [0.1, 0.15) is 75.7 Å². The topological polar surface area (TPSA) is 130 Å². The van der Waals surface area contributed by atoms with E-state index in [2.05, 4.69) is 4.98 Å². The lowest BCUT2D eigenvalue weighted by molar-refractivity contribution is 0.192. The molecule has 1 aliphatic heterocycles. The molecule has 3 heterocycles. The fourth-order valence-corrected chi connectivity index (χ4v) is 7.51. The largest absolute Gasteiger partial charge is 0.493 e. The number of aromatic amines is 1. The second-order valence-corrected chi connectivity index (χ2v) is 11.9. The Labute approximate surface area is 216 Å². The maximum atomic E-state index is 13.7. The molecule has 200 valence electrons. The van der Waals surface area contributed by atoms with Crippen LogP contribution < -0.4 is 10.3 Å². The van der Waals surface area contributed by atoms with Gasteiger partial charge in [0, 0.05) is 25.1 Å². The first-order valence-electron chi connectivity index (χ1n) is 13.2. The van der Waals surface area contributed by atoms with E-state index in [1.807, 2.05) is 13.8 Å². The molecule has 1 saturated heterocycles. The summed E-state index contributed by atoms with van der Waals surface area (Å²) in [6, 6.07) is 4.46. The number of hydrogen-bond donors (Lipinski definition) is 2. The SMILES string of the molecule is CCOc1ccc(S(=O)(=O)N2CCCCC2CCO)cc1-c1nn2c(C3CCCC3)nc(C)c2c(=O)[nH]1. The molecule has 5 rings (SSSR count). The summed E-state index contributed by atoms with van der Waals surface area (Å²) in [7, 11) is -3.84. The van der Waals surface area contributed by atoms with Crippen molar-refractivity contribution in [3.63, 3.8) is 0 Å². The Hall–Kier alpha value is -2.76. The molecule has 37 heavy (non-hydrogen) atoms. The van der Waals surface area contributed by atoms with Gasteiger partial charge in [0.15, 0.2) is 11.3 Å². The predicted molar refractivity (Wildman–Crippen MR) is 139 cm³/mol. The van der Waals surface area contributed by atoms with Gasteiger partial charge in [-0.1, -0.05) is 19.3 Å². The number of aliphatic hydroxyl groups excluding tert-OH is 1. The molecule has 0 radical (unpaired) electrons. The van der Waals surface area contributed by atoms with Gasteiger partial charge in [-0.2, -0.15) is 4.31 Å². The first kappa shape index (κ1) is 25.9. The normalized spacial score (nSPS) is 19.6. The summed E-state index contributed by atoms with van der Waals surface area (Å²) >= 11 is 0. The minimum absolute atomic E-state index is 0.0654. The fraction of sp³-hybridized carbons (Fsp3) is 0.577. The van der Waals surface area contributed by atoms with Gasteiger partial charge < -0.3 is 14.8 Å². The summed E-state index contributed by atoms with van der Waals surface area (Å²) in [6.45, 7) is 4.37. The van der Waals surface area contributed by atoms with Crippen molar-refractivity contribution in [3.8, 4) is 17.1 Å². The molecular weight excluding hydrogens is 494 g/mol. The van der Waals surface area contributed by atoms with Crippen LogP contribution in [0.25, 0.3) is 16.9 Å². The molecule has 0 amide bonds. The highest BCUT2D eigenvalue weighted by atomic mass is 32.2. The van der Waals surface area contributed by atoms with E-state index in [0.29, 0.717) is 42.1 Å². The van der Waals surface area contributed by atoms with Gasteiger partial charge in [-0.25, -0.2) is 17.9 Å². The zero-order valence-electron chi connectivity index (χ0n) is 21.4. The maximum Gasteiger partial charge on any atom is 0.277 e. The lowest BCUT2D eigenvalue weighted by Gasteiger charge is -2.34. The number of nitrogens with zero attached hydrogens (tertiary/aromatic N) is 4. The summed E-state index contributed by atoms with van der Waals surface area (Å²) in [5.41, 5.74) is 1.12. The zero-order chi connectivity index (χ0) is 26.2. The van der Waals surface area contributed by atoms with Crippen LogP contribution in [0, 0.1) is 6.92 Å². The van der Waals surface area contributed by atoms with Crippen molar-refractivity contribution in [2.75, 3.05) is 19.8 Å². The highest BCUT2D eigenvalue weighted by molar-refractivity contribution is 7.89. The van der Waals surface area contributed by atoms with Gasteiger partial charge in [-0.3, -0.25) is 4.79 Å². The van der Waals surface area contributed by atoms with Gasteiger partial charge in [0.2, 0.25) is 10.0 Å². The lowest BCUT2D eigenvalue weighted by Crippen LogP contribution is -2.44. The molecule has 1 aliphatic carbocycles. The van der Waals surface area contributed by atoms with Crippen molar-refractivity contribution in [2.24, 2.45) is 0 Å². The van der Waals surface area contributed by atoms with Crippen LogP contribution in [0.5, 0.6) is 5.75 Å². The molecule has 11 heteroatoms. The number of hydrogen-bond acceptors (Lipinski definition) is 7. The zero-order valence-corrected chi connectivity index (χ0v) is 22.3. The van der Waals surface area contributed by atoms with Crippen LogP contribution in [-0.4, -0.2) is 63.2 Å². The van der Waals surface area contributed by atoms with E-state index in [4.69, 9.17) is 14.8 Å². The van der Waals surface area contributed by atoms with Gasteiger partial charge in [0.1, 0.15) is 11.6 Å². The van der Waals surface area contributed by atoms with Crippen LogP contribution in [-0.2, 0) is 10.0 Å². The minimum atomic E-state index is -3.84. The Balaban J connectivity index is 1.63. The van der Waals surface area contributed by atoms with Crippen LogP contribution in [0.2, 0.25) is 0 Å². The Morgan fingerprint density at radius 3 is 2.65 bits per heavy atom. The Kier molecular flexibility index (Phi) is 7.37. The molecule has 10 nitrogen and oxygen atoms in total. The number of benzene rings is 1. The van der Waals surface area contributed by atoms with Crippen molar-refractivity contribution in [3.05, 3.63) is 40.1 Å². The first-order valence-corrected chi connectivity index (χ1v) is 14.7. The molecule has 0 spiro atoms. The number of H-pyrrole nitrogens is 1. The van der Waals surface area contributed by atoms with E-state index in [9.17, 15) is 18.3 Å². The van der Waals surface area contributed by atoms with E-state index >= 15 is 0 Å². The molecule has 2 aliphatic rings. The number of sulfonamides is 1. The first-order chi connectivity index (χ1) is 17.8. The van der Waals surface area contributed by atoms with E-state index in [-0.39, 0.29) is 34.8 Å². The third kappa shape index (κ3) is 4.80. The highest BCUT2D eigenvalue weighted by Gasteiger charge is 2.34. The summed E-state index contributed by atoms with van der Waals surface area (Å²) in [4.78, 5) is 20.8. The van der Waals surface area contributed by atoms with E-state index in [0.717, 1.165) is 50.8 Å². The smallest absolute Gasteiger partial charge is 0.277 e. The molecule has 1 saturated carbocycles. The third-order valence-electron chi connectivity index (χ3n) is 7.57. The number of rotatable bonds is 8. The molecule has 2 N–H and O–H groups in total. The van der Waals surface area contributed by atoms with Crippen molar-refractivity contribution in [2.45, 2.75) is 82.1 Å². The summed E-state index contributed by atoms with van der Waals surface area (Å²) in [5, 5.41) is 14.3. The number of aliphatic hydroxyl groups is 1. The van der Waals surface area contributed by atoms with Crippen molar-refractivity contribution < 1.29 is 18.3 Å². The number of ether oxygens (including phenoxy) is 1. The van der Waals surface area contributed by atoms with E-state index < -0.39 is 10.0 Å². The standard InChI is InChI=1S/C26H35N5O5S/c1-3-36-22-12-11-20(37(34,35)30-14-7-6-10-19(30)13-15-32)16-21(22)24-28-26(33)23-17(2)27-25(31(23)29-24)18-8-4-5-9-18/h11-12,16,18-19,32H,3-10,13-15H2,1-2H3,(H,28,29,33). The lowest BCUT2D eigenvalue weighted by atomic mass is 10.0. The van der Waals surface area contributed by atoms with Crippen LogP contribution in [0.4, 0.5) is 0 Å². The number of fused-ring (bicyclic) bond motifs is 1. The summed E-state index contributed by atoms with van der Waals surface area (Å²) < 4.78 is 36.4. The Morgan fingerprint density at radius 1 is 1.16 bits per heavy atom. The summed E-state index contributed by atoms with van der Waals surface area (Å²) in [5.74, 6) is 1.69. The molecule has 0 bridgehead atoms. The average molecular weight is 530 g/mol. The van der Waals surface area contributed by atoms with E-state index in [1.54, 1.807) is 10.6 Å². The quantitative estimate of drug-likeness (QED) is 0.458. The van der Waals surface area contributed by atoms with Gasteiger partial charge in [-0.05, 0) is 64.2 Å². The van der Waals surface area contributed by atoms with Crippen LogP contribution in [0.3, 0.4) is 0 Å². The number of nitrogens with one attached hydrogen (secondary N) is 1. The molecule has 1 atom stereocenters. The third-order valence-corrected chi connectivity index (χ3v) is 9.52. The van der Waals surface area contributed by atoms with Gasteiger partial charge >= 0.3 is 0 Å². The second-order valence-electron chi connectivity index (χ2n) is 9.97. The molecule has 3 aromatic rings. The summed E-state index contributed by atoms with van der Waals surface area (Å²) in [6.07, 6.45) is 7.09. The highest BCUT2D eigenvalue weighted by Crippen LogP contribution is 2.36. The fourth-order valence-electron chi connectivity index (χ4n) is 5.76. The number of piperidine rings is 1. The van der Waals surface area contributed by atoms with Gasteiger partial charge in [0.25, 0.3) is 5.56 Å². The van der Waals surface area contributed by atoms with Crippen LogP contribution >= 0.6 is 0 Å². The van der Waals surface area contributed by atoms with Gasteiger partial charge in [0.05, 0.1) is 22.8 Å². The Morgan fingerprint density at radius 2 is 1.92 bits per heavy atom. The molecular formula is C26H35N5O5S. The van der Waals surface area contributed by atoms with E-state index in [1.165, 1.54) is 16.4 Å². The van der Waals surface area contributed by atoms with Crippen molar-refractivity contribution in [1.82, 2.24) is 23.9 Å². The predicted octanol–water partition coefficient (Wildman–Crippen LogP) is 3.37. The number of aryl methyl sites for hydroxylation is 1. The average Bonchev–Trinajstić information content (AvgIpc) is 3.53. The molecule has 2 fully saturated rings. The van der Waals surface area contributed by atoms with Crippen molar-refractivity contribution >= 4 is 15.5 Å². The number of aromatic nitrogens is 4. The van der Waals surface area contributed by atoms with Gasteiger partial charge in [-0.15, -0.1) is 5.10 Å². The molecule has 1 unspecified atom stereocenters.